The van der Waals surface area contributed by atoms with Crippen LogP contribution in [0.15, 0.2) is 12.2 Å². The molecule has 1 saturated heterocycles. The first kappa shape index (κ1) is 11.1. The molecule has 1 fully saturated rings. The molecule has 3 N–H and O–H groups in total. The molecule has 0 amide bonds. The maximum atomic E-state index is 5.96. The number of hydrogen-bond acceptors (Lipinski definition) is 3. The van der Waals surface area contributed by atoms with Gasteiger partial charge >= 0.3 is 0 Å². The summed E-state index contributed by atoms with van der Waals surface area (Å²) in [6, 6.07) is 1.27. The van der Waals surface area contributed by atoms with E-state index in [0.717, 1.165) is 13.1 Å². The molecular formula is C12H23N3. The number of nitrogens with zero attached hydrogens (tertiary/aromatic N) is 1. The molecule has 2 atom stereocenters. The highest BCUT2D eigenvalue weighted by Gasteiger charge is 2.40. The molecule has 1 aliphatic carbocycles. The largest absolute Gasteiger partial charge is 0.329 e. The highest BCUT2D eigenvalue weighted by atomic mass is 15.2. The second-order valence-electron chi connectivity index (χ2n) is 5.24. The van der Waals surface area contributed by atoms with E-state index in [9.17, 15) is 0 Å². The van der Waals surface area contributed by atoms with E-state index in [-0.39, 0.29) is 5.54 Å². The zero-order valence-corrected chi connectivity index (χ0v) is 9.87. The predicted octanol–water partition coefficient (Wildman–Crippen LogP) is 0.716. The Balaban J connectivity index is 1.97. The van der Waals surface area contributed by atoms with Gasteiger partial charge in [0, 0.05) is 30.7 Å². The molecule has 3 heteroatoms. The second kappa shape index (κ2) is 4.24. The standard InChI is InChI=1S/C12H23N3/c1-10-7-12(8-13,9-15(10)2)14-11-5-3-4-6-11/h3-4,10-11,14H,5-9,13H2,1-2H3. The van der Waals surface area contributed by atoms with Gasteiger partial charge in [0.15, 0.2) is 0 Å². The van der Waals surface area contributed by atoms with Gasteiger partial charge < -0.3 is 16.0 Å². The van der Waals surface area contributed by atoms with Crippen LogP contribution in [-0.2, 0) is 0 Å². The van der Waals surface area contributed by atoms with Crippen LogP contribution in [0.2, 0.25) is 0 Å². The highest BCUT2D eigenvalue weighted by Crippen LogP contribution is 2.27. The van der Waals surface area contributed by atoms with E-state index in [0.29, 0.717) is 12.1 Å². The monoisotopic (exact) mass is 209 g/mol. The maximum Gasteiger partial charge on any atom is 0.0449 e. The number of hydrogen-bond donors (Lipinski definition) is 2. The quantitative estimate of drug-likeness (QED) is 0.673. The van der Waals surface area contributed by atoms with Crippen LogP contribution in [0.5, 0.6) is 0 Å². The molecule has 86 valence electrons. The molecule has 0 aromatic heterocycles. The molecule has 3 nitrogen and oxygen atoms in total. The molecule has 2 unspecified atom stereocenters. The summed E-state index contributed by atoms with van der Waals surface area (Å²) in [4.78, 5) is 2.41. The Morgan fingerprint density at radius 1 is 1.47 bits per heavy atom. The lowest BCUT2D eigenvalue weighted by Crippen LogP contribution is -2.56. The maximum absolute atomic E-state index is 5.96. The summed E-state index contributed by atoms with van der Waals surface area (Å²) in [6.45, 7) is 4.12. The molecule has 0 saturated carbocycles. The van der Waals surface area contributed by atoms with Gasteiger partial charge in [-0.3, -0.25) is 0 Å². The summed E-state index contributed by atoms with van der Waals surface area (Å²) in [7, 11) is 2.19. The fourth-order valence-electron chi connectivity index (χ4n) is 2.90. The fourth-order valence-corrected chi connectivity index (χ4v) is 2.90. The molecule has 0 aromatic carbocycles. The Morgan fingerprint density at radius 2 is 2.13 bits per heavy atom. The SMILES string of the molecule is CC1CC(CN)(NC2CC=CC2)CN1C. The van der Waals surface area contributed by atoms with Crippen molar-refractivity contribution in [3.8, 4) is 0 Å². The van der Waals surface area contributed by atoms with Crippen molar-refractivity contribution < 1.29 is 0 Å². The van der Waals surface area contributed by atoms with E-state index in [1.54, 1.807) is 0 Å². The minimum atomic E-state index is 0.158. The van der Waals surface area contributed by atoms with Crippen LogP contribution in [0, 0.1) is 0 Å². The molecule has 2 aliphatic rings. The number of rotatable bonds is 3. The molecule has 2 rings (SSSR count). The van der Waals surface area contributed by atoms with Crippen molar-refractivity contribution in [3.63, 3.8) is 0 Å². The van der Waals surface area contributed by atoms with Gasteiger partial charge in [0.25, 0.3) is 0 Å². The first-order valence-electron chi connectivity index (χ1n) is 5.98. The van der Waals surface area contributed by atoms with Crippen molar-refractivity contribution in [2.24, 2.45) is 5.73 Å². The number of nitrogens with two attached hydrogens (primary N) is 1. The third-order valence-electron chi connectivity index (χ3n) is 3.90. The fraction of sp³-hybridized carbons (Fsp3) is 0.833. The topological polar surface area (TPSA) is 41.3 Å². The van der Waals surface area contributed by atoms with E-state index >= 15 is 0 Å². The van der Waals surface area contributed by atoms with Gasteiger partial charge in [0.1, 0.15) is 0 Å². The average molecular weight is 209 g/mol. The average Bonchev–Trinajstić information content (AvgIpc) is 2.78. The zero-order chi connectivity index (χ0) is 10.9. The summed E-state index contributed by atoms with van der Waals surface area (Å²) in [5.74, 6) is 0. The summed E-state index contributed by atoms with van der Waals surface area (Å²) in [5.41, 5.74) is 6.12. The van der Waals surface area contributed by atoms with Gasteiger partial charge in [-0.15, -0.1) is 0 Å². The molecule has 0 aromatic rings. The van der Waals surface area contributed by atoms with E-state index in [1.807, 2.05) is 0 Å². The number of likely N-dealkylation sites (tertiary alicyclic amines) is 1. The van der Waals surface area contributed by atoms with Crippen LogP contribution in [0.4, 0.5) is 0 Å². The molecular weight excluding hydrogens is 186 g/mol. The van der Waals surface area contributed by atoms with Crippen molar-refractivity contribution in [1.82, 2.24) is 10.2 Å². The first-order valence-corrected chi connectivity index (χ1v) is 5.98. The number of likely N-dealkylation sites (N-methyl/N-ethyl adjacent to an activating group) is 1. The Labute approximate surface area is 92.7 Å². The van der Waals surface area contributed by atoms with E-state index in [2.05, 4.69) is 36.3 Å². The van der Waals surface area contributed by atoms with Gasteiger partial charge in [-0.05, 0) is 33.2 Å². The third kappa shape index (κ3) is 2.25. The minimum absolute atomic E-state index is 0.158. The van der Waals surface area contributed by atoms with Crippen molar-refractivity contribution in [2.75, 3.05) is 20.1 Å². The van der Waals surface area contributed by atoms with Gasteiger partial charge in [-0.1, -0.05) is 12.2 Å². The first-order chi connectivity index (χ1) is 7.15. The van der Waals surface area contributed by atoms with Crippen molar-refractivity contribution >= 4 is 0 Å². The molecule has 15 heavy (non-hydrogen) atoms. The van der Waals surface area contributed by atoms with Crippen LogP contribution in [0.25, 0.3) is 0 Å². The molecule has 0 spiro atoms. The zero-order valence-electron chi connectivity index (χ0n) is 9.87. The predicted molar refractivity (Wildman–Crippen MR) is 63.8 cm³/mol. The Hall–Kier alpha value is -0.380. The molecule has 0 bridgehead atoms. The van der Waals surface area contributed by atoms with E-state index < -0.39 is 0 Å². The van der Waals surface area contributed by atoms with Crippen LogP contribution >= 0.6 is 0 Å². The van der Waals surface area contributed by atoms with Crippen molar-refractivity contribution in [3.05, 3.63) is 12.2 Å². The van der Waals surface area contributed by atoms with Crippen LogP contribution in [0.1, 0.15) is 26.2 Å². The summed E-state index contributed by atoms with van der Waals surface area (Å²) in [6.07, 6.45) is 8.05. The summed E-state index contributed by atoms with van der Waals surface area (Å²) in [5, 5.41) is 3.77. The van der Waals surface area contributed by atoms with Crippen LogP contribution in [0.3, 0.4) is 0 Å². The van der Waals surface area contributed by atoms with Crippen LogP contribution in [-0.4, -0.2) is 42.7 Å². The van der Waals surface area contributed by atoms with Crippen molar-refractivity contribution in [2.45, 2.75) is 43.8 Å². The lowest BCUT2D eigenvalue weighted by Gasteiger charge is -2.32. The summed E-state index contributed by atoms with van der Waals surface area (Å²) < 4.78 is 0. The minimum Gasteiger partial charge on any atom is -0.329 e. The highest BCUT2D eigenvalue weighted by molar-refractivity contribution is 5.06. The van der Waals surface area contributed by atoms with Crippen LogP contribution < -0.4 is 11.1 Å². The molecule has 1 heterocycles. The summed E-state index contributed by atoms with van der Waals surface area (Å²) >= 11 is 0. The molecule has 0 radical (unpaired) electrons. The second-order valence-corrected chi connectivity index (χ2v) is 5.24. The van der Waals surface area contributed by atoms with Crippen molar-refractivity contribution in [1.29, 1.82) is 0 Å². The smallest absolute Gasteiger partial charge is 0.0449 e. The Kier molecular flexibility index (Phi) is 3.14. The number of nitrogens with one attached hydrogen (secondary N) is 1. The lowest BCUT2D eigenvalue weighted by molar-refractivity contribution is 0.281. The van der Waals surface area contributed by atoms with E-state index in [1.165, 1.54) is 19.3 Å². The van der Waals surface area contributed by atoms with Gasteiger partial charge in [-0.25, -0.2) is 0 Å². The molecule has 1 aliphatic heterocycles. The Bertz CT molecular complexity index is 231. The Morgan fingerprint density at radius 3 is 2.60 bits per heavy atom. The van der Waals surface area contributed by atoms with Gasteiger partial charge in [0.2, 0.25) is 0 Å². The normalized spacial score (nSPS) is 37.9. The third-order valence-corrected chi connectivity index (χ3v) is 3.90. The lowest BCUT2D eigenvalue weighted by atomic mass is 9.94. The van der Waals surface area contributed by atoms with Gasteiger partial charge in [0.05, 0.1) is 0 Å². The van der Waals surface area contributed by atoms with Gasteiger partial charge in [-0.2, -0.15) is 0 Å². The van der Waals surface area contributed by atoms with E-state index in [4.69, 9.17) is 5.73 Å².